The van der Waals surface area contributed by atoms with Crippen molar-refractivity contribution in [3.8, 4) is 0 Å². The maximum atomic E-state index is 11.0. The Morgan fingerprint density at radius 2 is 2.00 bits per heavy atom. The quantitative estimate of drug-likeness (QED) is 0.441. The first-order valence-corrected chi connectivity index (χ1v) is 7.01. The highest BCUT2D eigenvalue weighted by molar-refractivity contribution is 5.90. The number of nitrogens with zero attached hydrogens (tertiary/aromatic N) is 1. The molecule has 0 unspecified atom stereocenters. The normalized spacial score (nSPS) is 11.1. The van der Waals surface area contributed by atoms with Crippen molar-refractivity contribution >= 4 is 22.9 Å². The molecule has 0 atom stereocenters. The largest absolute Gasteiger partial charge is 0.343 e. The minimum Gasteiger partial charge on any atom is -0.343 e. The van der Waals surface area contributed by atoms with Gasteiger partial charge in [-0.3, -0.25) is 10.0 Å². The van der Waals surface area contributed by atoms with Crippen molar-refractivity contribution in [2.75, 3.05) is 0 Å². The van der Waals surface area contributed by atoms with Crippen molar-refractivity contribution in [1.29, 1.82) is 0 Å². The first-order valence-electron chi connectivity index (χ1n) is 7.01. The molecule has 0 bridgehead atoms. The molecular weight excluding hydrogens is 276 g/mol. The molecule has 0 spiro atoms. The zero-order valence-corrected chi connectivity index (χ0v) is 11.9. The van der Waals surface area contributed by atoms with Gasteiger partial charge < -0.3 is 4.57 Å². The Kier molecular flexibility index (Phi) is 4.03. The van der Waals surface area contributed by atoms with Crippen LogP contribution in [0.25, 0.3) is 17.0 Å². The van der Waals surface area contributed by atoms with Gasteiger partial charge in [-0.05, 0) is 40.8 Å². The molecule has 1 amide bonds. The van der Waals surface area contributed by atoms with E-state index < -0.39 is 5.91 Å². The summed E-state index contributed by atoms with van der Waals surface area (Å²) in [5, 5.41) is 9.71. The monoisotopic (exact) mass is 292 g/mol. The molecule has 0 aliphatic carbocycles. The predicted molar refractivity (Wildman–Crippen MR) is 86.4 cm³/mol. The molecule has 0 aliphatic heterocycles. The van der Waals surface area contributed by atoms with Crippen LogP contribution in [0, 0.1) is 0 Å². The lowest BCUT2D eigenvalue weighted by Crippen LogP contribution is -2.14. The number of aromatic nitrogens is 1. The molecule has 2 aromatic carbocycles. The van der Waals surface area contributed by atoms with Gasteiger partial charge in [0.25, 0.3) is 5.91 Å². The van der Waals surface area contributed by atoms with Crippen molar-refractivity contribution in [3.63, 3.8) is 0 Å². The van der Waals surface area contributed by atoms with Crippen LogP contribution in [0.15, 0.2) is 66.9 Å². The van der Waals surface area contributed by atoms with Gasteiger partial charge in [0.05, 0.1) is 0 Å². The van der Waals surface area contributed by atoms with E-state index in [0.717, 1.165) is 17.7 Å². The summed E-state index contributed by atoms with van der Waals surface area (Å²) in [6.07, 6.45) is 5.04. The highest BCUT2D eigenvalue weighted by Gasteiger charge is 2.01. The number of para-hydroxylation sites is 1. The molecule has 110 valence electrons. The molecule has 0 saturated carbocycles. The van der Waals surface area contributed by atoms with Crippen LogP contribution >= 0.6 is 0 Å². The van der Waals surface area contributed by atoms with Crippen molar-refractivity contribution in [3.05, 3.63) is 78.0 Å². The van der Waals surface area contributed by atoms with Crippen molar-refractivity contribution < 1.29 is 10.0 Å². The number of amides is 1. The molecule has 4 heteroatoms. The minimum absolute atomic E-state index is 0.540. The number of hydrogen-bond donors (Lipinski definition) is 2. The molecule has 4 nitrogen and oxygen atoms in total. The maximum absolute atomic E-state index is 11.0. The standard InChI is InChI=1S/C18H16N2O2/c21-18(19-22)9-8-14-4-3-5-15(12-14)13-20-11-10-16-6-1-2-7-17(16)20/h1-12,22H,13H2,(H,19,21)/b9-8+. The van der Waals surface area contributed by atoms with Gasteiger partial charge in [-0.25, -0.2) is 5.48 Å². The van der Waals surface area contributed by atoms with E-state index in [-0.39, 0.29) is 0 Å². The van der Waals surface area contributed by atoms with Crippen LogP contribution in [0.3, 0.4) is 0 Å². The number of carbonyl (C=O) groups excluding carboxylic acids is 1. The lowest BCUT2D eigenvalue weighted by atomic mass is 10.1. The van der Waals surface area contributed by atoms with Gasteiger partial charge in [0.15, 0.2) is 0 Å². The van der Waals surface area contributed by atoms with Gasteiger partial charge in [-0.2, -0.15) is 0 Å². The summed E-state index contributed by atoms with van der Waals surface area (Å²) in [7, 11) is 0. The highest BCUT2D eigenvalue weighted by atomic mass is 16.5. The van der Waals surface area contributed by atoms with Gasteiger partial charge in [-0.1, -0.05) is 36.4 Å². The summed E-state index contributed by atoms with van der Waals surface area (Å²) in [5.41, 5.74) is 4.83. The fourth-order valence-corrected chi connectivity index (χ4v) is 2.48. The van der Waals surface area contributed by atoms with E-state index in [0.29, 0.717) is 0 Å². The zero-order chi connectivity index (χ0) is 15.4. The Bertz CT molecular complexity index is 834. The van der Waals surface area contributed by atoms with Crippen LogP contribution in [0.2, 0.25) is 0 Å². The van der Waals surface area contributed by atoms with Crippen molar-refractivity contribution in [2.24, 2.45) is 0 Å². The summed E-state index contributed by atoms with van der Waals surface area (Å²) in [6.45, 7) is 0.765. The van der Waals surface area contributed by atoms with Crippen LogP contribution in [-0.4, -0.2) is 15.7 Å². The smallest absolute Gasteiger partial charge is 0.267 e. The SMILES string of the molecule is O=C(/C=C/c1cccc(Cn2ccc3ccccc32)c1)NO. The van der Waals surface area contributed by atoms with Crippen molar-refractivity contribution in [1.82, 2.24) is 10.0 Å². The summed E-state index contributed by atoms with van der Waals surface area (Å²) in [6, 6.07) is 18.3. The summed E-state index contributed by atoms with van der Waals surface area (Å²) < 4.78 is 2.19. The van der Waals surface area contributed by atoms with E-state index in [4.69, 9.17) is 5.21 Å². The number of hydrogen-bond acceptors (Lipinski definition) is 2. The first kappa shape index (κ1) is 14.1. The lowest BCUT2D eigenvalue weighted by Gasteiger charge is -2.06. The second-order valence-corrected chi connectivity index (χ2v) is 5.06. The molecular formula is C18H16N2O2. The van der Waals surface area contributed by atoms with E-state index in [1.807, 2.05) is 30.3 Å². The third-order valence-corrected chi connectivity index (χ3v) is 3.52. The van der Waals surface area contributed by atoms with Crippen LogP contribution in [0.1, 0.15) is 11.1 Å². The fourth-order valence-electron chi connectivity index (χ4n) is 2.48. The Balaban J connectivity index is 1.84. The number of benzene rings is 2. The summed E-state index contributed by atoms with van der Waals surface area (Å²) in [5.74, 6) is -0.540. The molecule has 0 fully saturated rings. The summed E-state index contributed by atoms with van der Waals surface area (Å²) in [4.78, 5) is 11.0. The van der Waals surface area contributed by atoms with Crippen LogP contribution in [-0.2, 0) is 11.3 Å². The minimum atomic E-state index is -0.540. The van der Waals surface area contributed by atoms with E-state index in [9.17, 15) is 4.79 Å². The van der Waals surface area contributed by atoms with Crippen LogP contribution in [0.5, 0.6) is 0 Å². The van der Waals surface area contributed by atoms with E-state index in [2.05, 4.69) is 35.0 Å². The fraction of sp³-hybridized carbons (Fsp3) is 0.0556. The Morgan fingerprint density at radius 3 is 2.86 bits per heavy atom. The Labute approximate surface area is 128 Å². The van der Waals surface area contributed by atoms with Crippen molar-refractivity contribution in [2.45, 2.75) is 6.54 Å². The molecule has 2 N–H and O–H groups in total. The molecule has 3 aromatic rings. The maximum Gasteiger partial charge on any atom is 0.267 e. The third-order valence-electron chi connectivity index (χ3n) is 3.52. The molecule has 3 rings (SSSR count). The van der Waals surface area contributed by atoms with Gasteiger partial charge in [0.1, 0.15) is 0 Å². The summed E-state index contributed by atoms with van der Waals surface area (Å²) >= 11 is 0. The molecule has 22 heavy (non-hydrogen) atoms. The number of nitrogens with one attached hydrogen (secondary N) is 1. The lowest BCUT2D eigenvalue weighted by molar-refractivity contribution is -0.124. The molecule has 1 heterocycles. The van der Waals surface area contributed by atoms with Crippen LogP contribution < -0.4 is 5.48 Å². The van der Waals surface area contributed by atoms with Gasteiger partial charge in [0, 0.05) is 24.3 Å². The second kappa shape index (κ2) is 6.28. The van der Waals surface area contributed by atoms with E-state index in [1.54, 1.807) is 11.6 Å². The highest BCUT2D eigenvalue weighted by Crippen LogP contribution is 2.17. The number of fused-ring (bicyclic) bond motifs is 1. The molecule has 0 saturated heterocycles. The first-order chi connectivity index (χ1) is 10.8. The molecule has 0 radical (unpaired) electrons. The van der Waals surface area contributed by atoms with E-state index in [1.165, 1.54) is 17.0 Å². The Hall–Kier alpha value is -2.85. The van der Waals surface area contributed by atoms with Gasteiger partial charge >= 0.3 is 0 Å². The topological polar surface area (TPSA) is 54.3 Å². The average Bonchev–Trinajstić information content (AvgIpc) is 2.96. The van der Waals surface area contributed by atoms with Crippen LogP contribution in [0.4, 0.5) is 0 Å². The molecule has 0 aliphatic rings. The van der Waals surface area contributed by atoms with Gasteiger partial charge in [0.2, 0.25) is 0 Å². The number of carbonyl (C=O) groups is 1. The zero-order valence-electron chi connectivity index (χ0n) is 11.9. The predicted octanol–water partition coefficient (Wildman–Crippen LogP) is 3.21. The average molecular weight is 292 g/mol. The second-order valence-electron chi connectivity index (χ2n) is 5.06. The molecule has 1 aromatic heterocycles. The van der Waals surface area contributed by atoms with Gasteiger partial charge in [-0.15, -0.1) is 0 Å². The number of rotatable bonds is 4. The number of hydroxylamine groups is 1. The van der Waals surface area contributed by atoms with E-state index >= 15 is 0 Å². The Morgan fingerprint density at radius 1 is 1.14 bits per heavy atom. The third kappa shape index (κ3) is 3.07.